The molecule has 0 aliphatic rings. The van der Waals surface area contributed by atoms with Crippen molar-refractivity contribution in [1.29, 1.82) is 0 Å². The third kappa shape index (κ3) is 3.98. The van der Waals surface area contributed by atoms with Crippen molar-refractivity contribution in [3.63, 3.8) is 0 Å². The Labute approximate surface area is 94.1 Å². The molecule has 90 valence electrons. The van der Waals surface area contributed by atoms with Crippen LogP contribution in [0.4, 0.5) is 16.2 Å². The van der Waals surface area contributed by atoms with Crippen molar-refractivity contribution in [2.75, 3.05) is 24.2 Å². The minimum atomic E-state index is -0.476. The lowest BCUT2D eigenvalue weighted by atomic mass is 10.2. The molecular weight excluding hydrogens is 211 g/mol. The van der Waals surface area contributed by atoms with E-state index in [9.17, 15) is 4.39 Å². The second-order valence-corrected chi connectivity index (χ2v) is 3.56. The Hall–Kier alpha value is -1.43. The lowest BCUT2D eigenvalue weighted by Gasteiger charge is -2.08. The molecule has 16 heavy (non-hydrogen) atoms. The van der Waals surface area contributed by atoms with Crippen LogP contribution in [-0.4, -0.2) is 34.8 Å². The highest BCUT2D eigenvalue weighted by Gasteiger charge is 2.05. The number of rotatable bonds is 6. The first-order chi connectivity index (χ1) is 7.63. The smallest absolute Gasteiger partial charge is 0.224 e. The number of aliphatic hydroxyl groups excluding tert-OH is 1. The molecule has 0 aromatic carbocycles. The van der Waals surface area contributed by atoms with Crippen LogP contribution in [0.2, 0.25) is 0 Å². The van der Waals surface area contributed by atoms with E-state index >= 15 is 0 Å². The van der Waals surface area contributed by atoms with Crippen LogP contribution in [0.1, 0.15) is 19.8 Å². The van der Waals surface area contributed by atoms with Crippen molar-refractivity contribution in [3.05, 3.63) is 12.0 Å². The van der Waals surface area contributed by atoms with E-state index in [-0.39, 0.29) is 11.9 Å². The van der Waals surface area contributed by atoms with E-state index < -0.39 is 5.82 Å². The summed E-state index contributed by atoms with van der Waals surface area (Å²) >= 11 is 0. The van der Waals surface area contributed by atoms with Gasteiger partial charge in [0.2, 0.25) is 5.95 Å². The topological polar surface area (TPSA) is 70.1 Å². The zero-order chi connectivity index (χ0) is 12.0. The number of nitrogens with one attached hydrogen (secondary N) is 2. The lowest BCUT2D eigenvalue weighted by Crippen LogP contribution is -2.10. The molecular formula is C10H17FN4O. The fourth-order valence-corrected chi connectivity index (χ4v) is 1.22. The van der Waals surface area contributed by atoms with Gasteiger partial charge in [-0.2, -0.15) is 4.98 Å². The molecule has 5 nitrogen and oxygen atoms in total. The summed E-state index contributed by atoms with van der Waals surface area (Å²) in [5, 5.41) is 14.6. The zero-order valence-electron chi connectivity index (χ0n) is 9.50. The van der Waals surface area contributed by atoms with Gasteiger partial charge in [0, 0.05) is 13.6 Å². The van der Waals surface area contributed by atoms with Gasteiger partial charge < -0.3 is 15.7 Å². The number of aromatic nitrogens is 2. The van der Waals surface area contributed by atoms with E-state index in [0.29, 0.717) is 18.9 Å². The monoisotopic (exact) mass is 228 g/mol. The maximum atomic E-state index is 13.2. The van der Waals surface area contributed by atoms with Crippen molar-refractivity contribution in [1.82, 2.24) is 9.97 Å². The third-order valence-electron chi connectivity index (χ3n) is 2.06. The maximum absolute atomic E-state index is 13.2. The summed E-state index contributed by atoms with van der Waals surface area (Å²) in [6.45, 7) is 2.30. The first kappa shape index (κ1) is 12.6. The predicted octanol–water partition coefficient (Wildman–Crippen LogP) is 1.23. The van der Waals surface area contributed by atoms with Crippen molar-refractivity contribution in [2.45, 2.75) is 25.9 Å². The van der Waals surface area contributed by atoms with Crippen LogP contribution in [0.25, 0.3) is 0 Å². The highest BCUT2D eigenvalue weighted by molar-refractivity contribution is 5.40. The van der Waals surface area contributed by atoms with E-state index in [1.54, 1.807) is 14.0 Å². The van der Waals surface area contributed by atoms with Crippen molar-refractivity contribution in [3.8, 4) is 0 Å². The first-order valence-electron chi connectivity index (χ1n) is 5.25. The summed E-state index contributed by atoms with van der Waals surface area (Å²) in [6.07, 6.45) is 2.23. The van der Waals surface area contributed by atoms with E-state index in [1.807, 2.05) is 0 Å². The molecule has 0 aliphatic carbocycles. The second-order valence-electron chi connectivity index (χ2n) is 3.56. The third-order valence-corrected chi connectivity index (χ3v) is 2.06. The molecule has 0 saturated heterocycles. The van der Waals surface area contributed by atoms with Crippen molar-refractivity contribution in [2.24, 2.45) is 0 Å². The number of halogens is 1. The normalized spacial score (nSPS) is 12.2. The van der Waals surface area contributed by atoms with Gasteiger partial charge in [-0.3, -0.25) is 0 Å². The highest BCUT2D eigenvalue weighted by atomic mass is 19.1. The van der Waals surface area contributed by atoms with Gasteiger partial charge in [0.25, 0.3) is 0 Å². The Morgan fingerprint density at radius 3 is 2.94 bits per heavy atom. The molecule has 1 rings (SSSR count). The van der Waals surface area contributed by atoms with Crippen LogP contribution in [0.15, 0.2) is 6.20 Å². The quantitative estimate of drug-likeness (QED) is 0.639. The number of hydrogen-bond donors (Lipinski definition) is 3. The Bertz CT molecular complexity index is 333. The van der Waals surface area contributed by atoms with Gasteiger partial charge in [0.05, 0.1) is 12.3 Å². The van der Waals surface area contributed by atoms with Crippen LogP contribution in [0.5, 0.6) is 0 Å². The van der Waals surface area contributed by atoms with Crippen LogP contribution >= 0.6 is 0 Å². The molecule has 0 fully saturated rings. The summed E-state index contributed by atoms with van der Waals surface area (Å²) in [5.41, 5.74) is 0. The molecule has 0 radical (unpaired) electrons. The highest BCUT2D eigenvalue weighted by Crippen LogP contribution is 2.11. The van der Waals surface area contributed by atoms with Crippen LogP contribution in [0, 0.1) is 5.82 Å². The molecule has 0 amide bonds. The van der Waals surface area contributed by atoms with E-state index in [4.69, 9.17) is 5.11 Å². The molecule has 1 heterocycles. The largest absolute Gasteiger partial charge is 0.393 e. The van der Waals surface area contributed by atoms with E-state index in [0.717, 1.165) is 12.6 Å². The van der Waals surface area contributed by atoms with Gasteiger partial charge in [-0.05, 0) is 19.8 Å². The second kappa shape index (κ2) is 6.22. The van der Waals surface area contributed by atoms with Crippen LogP contribution < -0.4 is 10.6 Å². The number of hydrogen-bond acceptors (Lipinski definition) is 5. The maximum Gasteiger partial charge on any atom is 0.224 e. The Balaban J connectivity index is 2.46. The SMILES string of the molecule is CNc1ncc(F)c(NCCCC(C)O)n1. The first-order valence-corrected chi connectivity index (χ1v) is 5.25. The Morgan fingerprint density at radius 2 is 2.31 bits per heavy atom. The fourth-order valence-electron chi connectivity index (χ4n) is 1.22. The fraction of sp³-hybridized carbons (Fsp3) is 0.600. The van der Waals surface area contributed by atoms with Crippen LogP contribution in [0.3, 0.4) is 0 Å². The van der Waals surface area contributed by atoms with Gasteiger partial charge >= 0.3 is 0 Å². The molecule has 1 unspecified atom stereocenters. The zero-order valence-corrected chi connectivity index (χ0v) is 9.50. The minimum Gasteiger partial charge on any atom is -0.393 e. The molecule has 0 saturated carbocycles. The molecule has 0 spiro atoms. The number of anilines is 2. The van der Waals surface area contributed by atoms with Crippen molar-refractivity contribution >= 4 is 11.8 Å². The van der Waals surface area contributed by atoms with Gasteiger partial charge in [0.1, 0.15) is 0 Å². The van der Waals surface area contributed by atoms with Gasteiger partial charge in [0.15, 0.2) is 11.6 Å². The average molecular weight is 228 g/mol. The number of aliphatic hydroxyl groups is 1. The average Bonchev–Trinajstić information content (AvgIpc) is 2.26. The molecule has 1 aromatic rings. The van der Waals surface area contributed by atoms with Gasteiger partial charge in [-0.1, -0.05) is 0 Å². The Kier molecular flexibility index (Phi) is 4.91. The van der Waals surface area contributed by atoms with E-state index in [2.05, 4.69) is 20.6 Å². The van der Waals surface area contributed by atoms with Crippen molar-refractivity contribution < 1.29 is 9.50 Å². The predicted molar refractivity (Wildman–Crippen MR) is 60.9 cm³/mol. The standard InChI is InChI=1S/C10H17FN4O/c1-7(16)4-3-5-13-9-8(11)6-14-10(12-2)15-9/h6-7,16H,3-5H2,1-2H3,(H2,12,13,14,15). The summed E-state index contributed by atoms with van der Waals surface area (Å²) in [4.78, 5) is 7.67. The van der Waals surface area contributed by atoms with Gasteiger partial charge in [-0.15, -0.1) is 0 Å². The Morgan fingerprint density at radius 1 is 1.56 bits per heavy atom. The number of nitrogens with zero attached hydrogens (tertiary/aromatic N) is 2. The molecule has 6 heteroatoms. The summed E-state index contributed by atoms with van der Waals surface area (Å²) < 4.78 is 13.2. The van der Waals surface area contributed by atoms with Crippen LogP contribution in [-0.2, 0) is 0 Å². The van der Waals surface area contributed by atoms with E-state index in [1.165, 1.54) is 0 Å². The lowest BCUT2D eigenvalue weighted by molar-refractivity contribution is 0.183. The summed E-state index contributed by atoms with van der Waals surface area (Å²) in [5.74, 6) is 0.0837. The molecule has 1 aromatic heterocycles. The molecule has 1 atom stereocenters. The summed E-state index contributed by atoms with van der Waals surface area (Å²) in [7, 11) is 1.67. The molecule has 0 aliphatic heterocycles. The van der Waals surface area contributed by atoms with Gasteiger partial charge in [-0.25, -0.2) is 9.37 Å². The minimum absolute atomic E-state index is 0.185. The molecule has 3 N–H and O–H groups in total. The molecule has 0 bridgehead atoms. The summed E-state index contributed by atoms with van der Waals surface area (Å²) in [6, 6.07) is 0.